The SMILES string of the molecule is O=C(NC1Cc2ccccc2C1)c1ccc(F)c(C(F)(F)F)c1. The van der Waals surface area contributed by atoms with Gasteiger partial charge in [0.25, 0.3) is 5.91 Å². The van der Waals surface area contributed by atoms with E-state index in [1.807, 2.05) is 24.3 Å². The molecule has 0 radical (unpaired) electrons. The van der Waals surface area contributed by atoms with Crippen LogP contribution in [-0.2, 0) is 19.0 Å². The van der Waals surface area contributed by atoms with Crippen LogP contribution in [0.25, 0.3) is 0 Å². The number of halogens is 4. The van der Waals surface area contributed by atoms with Gasteiger partial charge in [-0.1, -0.05) is 24.3 Å². The Morgan fingerprint density at radius 3 is 2.22 bits per heavy atom. The van der Waals surface area contributed by atoms with Crippen molar-refractivity contribution in [3.05, 3.63) is 70.5 Å². The number of amides is 1. The quantitative estimate of drug-likeness (QED) is 0.838. The van der Waals surface area contributed by atoms with E-state index < -0.39 is 23.5 Å². The predicted molar refractivity (Wildman–Crippen MR) is 76.5 cm³/mol. The molecule has 1 amide bonds. The lowest BCUT2D eigenvalue weighted by molar-refractivity contribution is -0.140. The molecule has 2 aromatic rings. The molecule has 1 N–H and O–H groups in total. The average molecular weight is 323 g/mol. The van der Waals surface area contributed by atoms with Crippen LogP contribution < -0.4 is 5.32 Å². The molecule has 0 saturated carbocycles. The molecule has 0 atom stereocenters. The number of hydrogen-bond acceptors (Lipinski definition) is 1. The maximum absolute atomic E-state index is 13.3. The number of rotatable bonds is 2. The van der Waals surface area contributed by atoms with Crippen LogP contribution >= 0.6 is 0 Å². The smallest absolute Gasteiger partial charge is 0.349 e. The summed E-state index contributed by atoms with van der Waals surface area (Å²) in [6, 6.07) is 9.83. The first-order chi connectivity index (χ1) is 10.8. The van der Waals surface area contributed by atoms with Crippen LogP contribution in [0.15, 0.2) is 42.5 Å². The van der Waals surface area contributed by atoms with Gasteiger partial charge in [-0.15, -0.1) is 0 Å². The highest BCUT2D eigenvalue weighted by Gasteiger charge is 2.35. The first-order valence-electron chi connectivity index (χ1n) is 7.09. The van der Waals surface area contributed by atoms with Crippen LogP contribution in [0.4, 0.5) is 17.6 Å². The van der Waals surface area contributed by atoms with E-state index >= 15 is 0 Å². The highest BCUT2D eigenvalue weighted by Crippen LogP contribution is 2.32. The lowest BCUT2D eigenvalue weighted by Gasteiger charge is -2.14. The fourth-order valence-electron chi connectivity index (χ4n) is 2.81. The Morgan fingerprint density at radius 1 is 1.04 bits per heavy atom. The van der Waals surface area contributed by atoms with Crippen LogP contribution in [0, 0.1) is 5.82 Å². The number of benzene rings is 2. The van der Waals surface area contributed by atoms with Gasteiger partial charge in [0.1, 0.15) is 5.82 Å². The normalized spacial score (nSPS) is 14.6. The second-order valence-corrected chi connectivity index (χ2v) is 5.54. The number of fused-ring (bicyclic) bond motifs is 1. The largest absolute Gasteiger partial charge is 0.419 e. The number of carbonyl (C=O) groups is 1. The maximum Gasteiger partial charge on any atom is 0.419 e. The summed E-state index contributed by atoms with van der Waals surface area (Å²) in [5.74, 6) is -2.02. The van der Waals surface area contributed by atoms with E-state index in [-0.39, 0.29) is 11.6 Å². The summed E-state index contributed by atoms with van der Waals surface area (Å²) in [7, 11) is 0. The van der Waals surface area contributed by atoms with Crippen molar-refractivity contribution in [3.63, 3.8) is 0 Å². The second kappa shape index (κ2) is 5.68. The first kappa shape index (κ1) is 15.5. The summed E-state index contributed by atoms with van der Waals surface area (Å²) < 4.78 is 51.4. The third kappa shape index (κ3) is 3.21. The van der Waals surface area contributed by atoms with E-state index in [1.54, 1.807) is 0 Å². The van der Waals surface area contributed by atoms with Crippen LogP contribution in [0.2, 0.25) is 0 Å². The third-order valence-electron chi connectivity index (χ3n) is 3.92. The van der Waals surface area contributed by atoms with E-state index in [0.717, 1.165) is 17.2 Å². The van der Waals surface area contributed by atoms with Crippen LogP contribution in [0.5, 0.6) is 0 Å². The molecule has 1 aliphatic rings. The van der Waals surface area contributed by atoms with E-state index in [4.69, 9.17) is 0 Å². The van der Waals surface area contributed by atoms with Gasteiger partial charge in [0.05, 0.1) is 5.56 Å². The number of hydrogen-bond donors (Lipinski definition) is 1. The van der Waals surface area contributed by atoms with Crippen molar-refractivity contribution in [3.8, 4) is 0 Å². The van der Waals surface area contributed by atoms with Gasteiger partial charge >= 0.3 is 6.18 Å². The van der Waals surface area contributed by atoms with Crippen LogP contribution in [0.3, 0.4) is 0 Å². The lowest BCUT2D eigenvalue weighted by Crippen LogP contribution is -2.35. The topological polar surface area (TPSA) is 29.1 Å². The van der Waals surface area contributed by atoms with E-state index in [9.17, 15) is 22.4 Å². The first-order valence-corrected chi connectivity index (χ1v) is 7.09. The summed E-state index contributed by atoms with van der Waals surface area (Å²) in [5.41, 5.74) is 0.607. The van der Waals surface area contributed by atoms with Gasteiger partial charge in [0, 0.05) is 11.6 Å². The maximum atomic E-state index is 13.3. The van der Waals surface area contributed by atoms with Crippen molar-refractivity contribution in [2.24, 2.45) is 0 Å². The molecule has 1 aliphatic carbocycles. The molecule has 0 spiro atoms. The van der Waals surface area contributed by atoms with Crippen molar-refractivity contribution in [2.75, 3.05) is 0 Å². The molecule has 120 valence electrons. The highest BCUT2D eigenvalue weighted by atomic mass is 19.4. The van der Waals surface area contributed by atoms with Gasteiger partial charge in [0.2, 0.25) is 0 Å². The minimum atomic E-state index is -4.83. The molecule has 0 saturated heterocycles. The molecular formula is C17H13F4NO. The lowest BCUT2D eigenvalue weighted by atomic mass is 10.1. The minimum absolute atomic E-state index is 0.167. The monoisotopic (exact) mass is 323 g/mol. The molecule has 0 fully saturated rings. The predicted octanol–water partition coefficient (Wildman–Crippen LogP) is 3.74. The molecule has 0 bridgehead atoms. The number of alkyl halides is 3. The molecule has 3 rings (SSSR count). The van der Waals surface area contributed by atoms with Crippen LogP contribution in [0.1, 0.15) is 27.0 Å². The number of carbonyl (C=O) groups excluding carboxylic acids is 1. The fraction of sp³-hybridized carbons (Fsp3) is 0.235. The van der Waals surface area contributed by atoms with Crippen molar-refractivity contribution in [1.82, 2.24) is 5.32 Å². The Morgan fingerprint density at radius 2 is 1.65 bits per heavy atom. The van der Waals surface area contributed by atoms with Crippen molar-refractivity contribution >= 4 is 5.91 Å². The molecule has 23 heavy (non-hydrogen) atoms. The standard InChI is InChI=1S/C17H13F4NO/c18-15-6-5-12(9-14(15)17(19,20)21)16(23)22-13-7-10-3-1-2-4-11(10)8-13/h1-6,9,13H,7-8H2,(H,22,23). The Labute approximate surface area is 130 Å². The molecule has 0 heterocycles. The fourth-order valence-corrected chi connectivity index (χ4v) is 2.81. The summed E-state index contributed by atoms with van der Waals surface area (Å²) in [5, 5.41) is 2.71. The summed E-state index contributed by atoms with van der Waals surface area (Å²) in [6.45, 7) is 0. The van der Waals surface area contributed by atoms with Gasteiger partial charge in [-0.25, -0.2) is 4.39 Å². The third-order valence-corrected chi connectivity index (χ3v) is 3.92. The minimum Gasteiger partial charge on any atom is -0.349 e. The van der Waals surface area contributed by atoms with E-state index in [2.05, 4.69) is 5.32 Å². The van der Waals surface area contributed by atoms with E-state index in [0.29, 0.717) is 25.0 Å². The Hall–Kier alpha value is -2.37. The Kier molecular flexibility index (Phi) is 3.83. The molecule has 0 unspecified atom stereocenters. The van der Waals surface area contributed by atoms with Crippen molar-refractivity contribution in [2.45, 2.75) is 25.1 Å². The van der Waals surface area contributed by atoms with Crippen molar-refractivity contribution < 1.29 is 22.4 Å². The highest BCUT2D eigenvalue weighted by molar-refractivity contribution is 5.94. The summed E-state index contributed by atoms with van der Waals surface area (Å²) in [4.78, 5) is 12.1. The Balaban J connectivity index is 1.75. The van der Waals surface area contributed by atoms with Gasteiger partial charge in [-0.3, -0.25) is 4.79 Å². The van der Waals surface area contributed by atoms with Crippen LogP contribution in [-0.4, -0.2) is 11.9 Å². The Bertz CT molecular complexity index is 729. The van der Waals surface area contributed by atoms with Gasteiger partial charge in [0.15, 0.2) is 0 Å². The molecule has 0 aromatic heterocycles. The van der Waals surface area contributed by atoms with Gasteiger partial charge in [-0.2, -0.15) is 13.2 Å². The molecular weight excluding hydrogens is 310 g/mol. The average Bonchev–Trinajstić information content (AvgIpc) is 2.88. The number of nitrogens with one attached hydrogen (secondary N) is 1. The second-order valence-electron chi connectivity index (χ2n) is 5.54. The molecule has 2 aromatic carbocycles. The zero-order chi connectivity index (χ0) is 16.6. The molecule has 2 nitrogen and oxygen atoms in total. The molecule has 0 aliphatic heterocycles. The van der Waals surface area contributed by atoms with Gasteiger partial charge < -0.3 is 5.32 Å². The molecule has 6 heteroatoms. The zero-order valence-electron chi connectivity index (χ0n) is 12.0. The van der Waals surface area contributed by atoms with Crippen molar-refractivity contribution in [1.29, 1.82) is 0 Å². The van der Waals surface area contributed by atoms with E-state index in [1.165, 1.54) is 0 Å². The zero-order valence-corrected chi connectivity index (χ0v) is 12.0. The summed E-state index contributed by atoms with van der Waals surface area (Å²) in [6.07, 6.45) is -3.56. The summed E-state index contributed by atoms with van der Waals surface area (Å²) >= 11 is 0. The van der Waals surface area contributed by atoms with Gasteiger partial charge in [-0.05, 0) is 42.2 Å².